The first-order valence-electron chi connectivity index (χ1n) is 8.97. The minimum atomic E-state index is -0.462. The number of hydrogen-bond acceptors (Lipinski definition) is 3. The van der Waals surface area contributed by atoms with Crippen LogP contribution in [0.15, 0.2) is 93.9 Å². The topological polar surface area (TPSA) is 35.5 Å². The number of hydrogen-bond donors (Lipinski definition) is 0. The van der Waals surface area contributed by atoms with Gasteiger partial charge in [-0.2, -0.15) is 0 Å². The van der Waals surface area contributed by atoms with Gasteiger partial charge in [0, 0.05) is 10.0 Å². The second-order valence-corrected chi connectivity index (χ2v) is 8.08. The van der Waals surface area contributed by atoms with Crippen molar-refractivity contribution < 1.29 is 14.3 Å². The average molecular weight is 512 g/mol. The SMILES string of the molecule is O=C(COc1ccc2cc(Br)ccc2c1Br)Oc1ccccc1-c1ccccc1. The number of benzene rings is 4. The molecule has 0 saturated heterocycles. The van der Waals surface area contributed by atoms with Crippen LogP contribution in [0.1, 0.15) is 0 Å². The molecule has 3 nitrogen and oxygen atoms in total. The minimum Gasteiger partial charge on any atom is -0.481 e. The molecule has 0 spiro atoms. The van der Waals surface area contributed by atoms with Crippen LogP contribution >= 0.6 is 31.9 Å². The number of carbonyl (C=O) groups is 1. The zero-order valence-electron chi connectivity index (χ0n) is 15.3. The molecule has 144 valence electrons. The summed E-state index contributed by atoms with van der Waals surface area (Å²) in [6.07, 6.45) is 0. The van der Waals surface area contributed by atoms with Gasteiger partial charge in [-0.1, -0.05) is 76.6 Å². The third-order valence-electron chi connectivity index (χ3n) is 4.42. The fourth-order valence-electron chi connectivity index (χ4n) is 3.05. The van der Waals surface area contributed by atoms with Crippen molar-refractivity contribution in [2.24, 2.45) is 0 Å². The Bertz CT molecular complexity index is 1170. The van der Waals surface area contributed by atoms with E-state index in [0.29, 0.717) is 11.5 Å². The lowest BCUT2D eigenvalue weighted by atomic mass is 10.1. The highest BCUT2D eigenvalue weighted by molar-refractivity contribution is 9.11. The molecule has 0 radical (unpaired) electrons. The Hall–Kier alpha value is -2.63. The highest BCUT2D eigenvalue weighted by Gasteiger charge is 2.13. The molecule has 0 amide bonds. The monoisotopic (exact) mass is 510 g/mol. The van der Waals surface area contributed by atoms with Crippen LogP contribution < -0.4 is 9.47 Å². The van der Waals surface area contributed by atoms with Gasteiger partial charge in [-0.25, -0.2) is 4.79 Å². The Labute approximate surface area is 185 Å². The first kappa shape index (κ1) is 19.7. The maximum atomic E-state index is 12.4. The highest BCUT2D eigenvalue weighted by atomic mass is 79.9. The van der Waals surface area contributed by atoms with Crippen LogP contribution in [0.4, 0.5) is 0 Å². The van der Waals surface area contributed by atoms with Crippen molar-refractivity contribution in [2.75, 3.05) is 6.61 Å². The quantitative estimate of drug-likeness (QED) is 0.213. The molecule has 0 aliphatic carbocycles. The summed E-state index contributed by atoms with van der Waals surface area (Å²) in [4.78, 5) is 12.4. The van der Waals surface area contributed by atoms with Crippen molar-refractivity contribution in [2.45, 2.75) is 0 Å². The van der Waals surface area contributed by atoms with E-state index in [1.54, 1.807) is 6.07 Å². The van der Waals surface area contributed by atoms with E-state index >= 15 is 0 Å². The first-order valence-corrected chi connectivity index (χ1v) is 10.6. The number of para-hydroxylation sites is 1. The van der Waals surface area contributed by atoms with E-state index in [0.717, 1.165) is 30.8 Å². The van der Waals surface area contributed by atoms with E-state index in [4.69, 9.17) is 9.47 Å². The van der Waals surface area contributed by atoms with Gasteiger partial charge < -0.3 is 9.47 Å². The van der Waals surface area contributed by atoms with Crippen LogP contribution in [-0.4, -0.2) is 12.6 Å². The summed E-state index contributed by atoms with van der Waals surface area (Å²) in [7, 11) is 0. The predicted molar refractivity (Wildman–Crippen MR) is 122 cm³/mol. The number of esters is 1. The summed E-state index contributed by atoms with van der Waals surface area (Å²) in [5.41, 5.74) is 1.85. The summed E-state index contributed by atoms with van der Waals surface area (Å²) in [5.74, 6) is 0.638. The largest absolute Gasteiger partial charge is 0.481 e. The van der Waals surface area contributed by atoms with Crippen molar-refractivity contribution in [3.63, 3.8) is 0 Å². The van der Waals surface area contributed by atoms with Gasteiger partial charge in [0.1, 0.15) is 11.5 Å². The smallest absolute Gasteiger partial charge is 0.349 e. The second kappa shape index (κ2) is 8.80. The summed E-state index contributed by atoms with van der Waals surface area (Å²) in [5, 5.41) is 2.08. The molecule has 29 heavy (non-hydrogen) atoms. The molecule has 0 aliphatic heterocycles. The average Bonchev–Trinajstić information content (AvgIpc) is 2.74. The number of carbonyl (C=O) groups excluding carboxylic acids is 1. The van der Waals surface area contributed by atoms with Gasteiger partial charge in [-0.15, -0.1) is 0 Å². The summed E-state index contributed by atoms with van der Waals surface area (Å²) in [6, 6.07) is 27.1. The van der Waals surface area contributed by atoms with Crippen molar-refractivity contribution in [1.82, 2.24) is 0 Å². The van der Waals surface area contributed by atoms with Crippen molar-refractivity contribution >= 4 is 48.6 Å². The van der Waals surface area contributed by atoms with E-state index in [-0.39, 0.29) is 6.61 Å². The van der Waals surface area contributed by atoms with Crippen molar-refractivity contribution in [3.8, 4) is 22.6 Å². The lowest BCUT2D eigenvalue weighted by Crippen LogP contribution is -2.18. The van der Waals surface area contributed by atoms with Gasteiger partial charge in [0.2, 0.25) is 0 Å². The molecule has 0 aliphatic rings. The Kier molecular flexibility index (Phi) is 5.97. The van der Waals surface area contributed by atoms with Crippen LogP contribution in [0.5, 0.6) is 11.5 Å². The van der Waals surface area contributed by atoms with Crippen molar-refractivity contribution in [1.29, 1.82) is 0 Å². The molecule has 0 atom stereocenters. The van der Waals surface area contributed by atoms with Crippen LogP contribution in [0.3, 0.4) is 0 Å². The molecule has 4 aromatic rings. The van der Waals surface area contributed by atoms with Gasteiger partial charge in [0.15, 0.2) is 6.61 Å². The third kappa shape index (κ3) is 4.52. The zero-order chi connectivity index (χ0) is 20.2. The molecule has 4 rings (SSSR count). The van der Waals surface area contributed by atoms with E-state index < -0.39 is 5.97 Å². The fourth-order valence-corrected chi connectivity index (χ4v) is 4.04. The molecule has 0 aromatic heterocycles. The summed E-state index contributed by atoms with van der Waals surface area (Å²) < 4.78 is 13.1. The zero-order valence-corrected chi connectivity index (χ0v) is 18.4. The van der Waals surface area contributed by atoms with Gasteiger partial charge in [0.25, 0.3) is 0 Å². The van der Waals surface area contributed by atoms with E-state index in [9.17, 15) is 4.79 Å². The Morgan fingerprint density at radius 3 is 2.38 bits per heavy atom. The molecule has 4 aromatic carbocycles. The van der Waals surface area contributed by atoms with Crippen LogP contribution in [0, 0.1) is 0 Å². The van der Waals surface area contributed by atoms with Gasteiger partial charge in [0.05, 0.1) is 4.47 Å². The third-order valence-corrected chi connectivity index (χ3v) is 5.73. The molecule has 0 fully saturated rings. The molecule has 0 heterocycles. The number of halogens is 2. The molecule has 0 bridgehead atoms. The number of fused-ring (bicyclic) bond motifs is 1. The van der Waals surface area contributed by atoms with E-state index in [1.165, 1.54) is 0 Å². The number of rotatable bonds is 5. The number of ether oxygens (including phenoxy) is 2. The van der Waals surface area contributed by atoms with Crippen LogP contribution in [0.25, 0.3) is 21.9 Å². The van der Waals surface area contributed by atoms with E-state index in [2.05, 4.69) is 31.9 Å². The van der Waals surface area contributed by atoms with Crippen LogP contribution in [-0.2, 0) is 4.79 Å². The predicted octanol–water partition coefficient (Wildman–Crippen LogP) is 7.02. The lowest BCUT2D eigenvalue weighted by Gasteiger charge is -2.12. The highest BCUT2D eigenvalue weighted by Crippen LogP contribution is 2.34. The van der Waals surface area contributed by atoms with Gasteiger partial charge >= 0.3 is 5.97 Å². The van der Waals surface area contributed by atoms with Crippen LogP contribution in [0.2, 0.25) is 0 Å². The van der Waals surface area contributed by atoms with Gasteiger partial charge in [-0.3, -0.25) is 0 Å². The molecular weight excluding hydrogens is 496 g/mol. The molecule has 0 saturated carbocycles. The molecular formula is C24H16Br2O3. The Morgan fingerprint density at radius 2 is 1.55 bits per heavy atom. The standard InChI is InChI=1S/C24H16Br2O3/c25-18-11-12-20-17(14-18)10-13-22(24(20)26)28-15-23(27)29-21-9-5-4-8-19(21)16-6-2-1-3-7-16/h1-14H,15H2. The van der Waals surface area contributed by atoms with E-state index in [1.807, 2.05) is 78.9 Å². The minimum absolute atomic E-state index is 0.191. The fraction of sp³-hybridized carbons (Fsp3) is 0.0417. The molecule has 5 heteroatoms. The van der Waals surface area contributed by atoms with Gasteiger partial charge in [-0.05, 0) is 56.5 Å². The first-order chi connectivity index (χ1) is 14.1. The normalized spacial score (nSPS) is 10.7. The maximum Gasteiger partial charge on any atom is 0.349 e. The Morgan fingerprint density at radius 1 is 0.793 bits per heavy atom. The summed E-state index contributed by atoms with van der Waals surface area (Å²) in [6.45, 7) is -0.191. The maximum absolute atomic E-state index is 12.4. The molecule has 0 unspecified atom stereocenters. The molecule has 0 N–H and O–H groups in total. The summed E-state index contributed by atoms with van der Waals surface area (Å²) >= 11 is 7.04. The Balaban J connectivity index is 1.49. The lowest BCUT2D eigenvalue weighted by molar-refractivity contribution is -0.136. The van der Waals surface area contributed by atoms with Crippen molar-refractivity contribution in [3.05, 3.63) is 93.9 Å². The second-order valence-electron chi connectivity index (χ2n) is 6.37.